The summed E-state index contributed by atoms with van der Waals surface area (Å²) in [6.07, 6.45) is 1.05. The van der Waals surface area contributed by atoms with Crippen LogP contribution in [0.1, 0.15) is 44.2 Å². The smallest absolute Gasteiger partial charge is 0.188 e. The molecule has 0 aliphatic carbocycles. The minimum absolute atomic E-state index is 0.378. The highest BCUT2D eigenvalue weighted by atomic mass is 15.1. The standard InChI is InChI=1S/C15H25N3/c1-5-13(4)18-15(16)17-10-12(3)14-8-6-11(2)7-9-14/h6-9,12-13H,5,10H2,1-4H3,(H3,16,17,18). The molecule has 3 heteroatoms. The van der Waals surface area contributed by atoms with Gasteiger partial charge in [0, 0.05) is 18.5 Å². The molecule has 3 nitrogen and oxygen atoms in total. The van der Waals surface area contributed by atoms with Gasteiger partial charge < -0.3 is 11.1 Å². The van der Waals surface area contributed by atoms with Gasteiger partial charge in [-0.3, -0.25) is 4.99 Å². The van der Waals surface area contributed by atoms with Gasteiger partial charge >= 0.3 is 0 Å². The highest BCUT2D eigenvalue weighted by Gasteiger charge is 2.05. The average molecular weight is 247 g/mol. The van der Waals surface area contributed by atoms with Gasteiger partial charge in [0.2, 0.25) is 0 Å². The molecule has 0 heterocycles. The number of nitrogens with two attached hydrogens (primary N) is 1. The summed E-state index contributed by atoms with van der Waals surface area (Å²) in [4.78, 5) is 4.39. The van der Waals surface area contributed by atoms with Crippen molar-refractivity contribution in [3.63, 3.8) is 0 Å². The van der Waals surface area contributed by atoms with E-state index in [0.29, 0.717) is 17.9 Å². The molecule has 0 aromatic heterocycles. The maximum atomic E-state index is 5.84. The number of nitrogens with zero attached hydrogens (tertiary/aromatic N) is 1. The zero-order valence-corrected chi connectivity index (χ0v) is 11.9. The van der Waals surface area contributed by atoms with E-state index in [9.17, 15) is 0 Å². The number of hydrogen-bond donors (Lipinski definition) is 2. The van der Waals surface area contributed by atoms with Crippen LogP contribution in [0.2, 0.25) is 0 Å². The van der Waals surface area contributed by atoms with Crippen LogP contribution in [-0.2, 0) is 0 Å². The number of guanidine groups is 1. The number of rotatable bonds is 5. The van der Waals surface area contributed by atoms with Crippen molar-refractivity contribution in [2.75, 3.05) is 6.54 Å². The molecule has 0 fully saturated rings. The van der Waals surface area contributed by atoms with E-state index in [1.807, 2.05) is 0 Å². The summed E-state index contributed by atoms with van der Waals surface area (Å²) < 4.78 is 0. The van der Waals surface area contributed by atoms with Gasteiger partial charge in [0.25, 0.3) is 0 Å². The van der Waals surface area contributed by atoms with E-state index in [0.717, 1.165) is 13.0 Å². The molecule has 18 heavy (non-hydrogen) atoms. The predicted molar refractivity (Wildman–Crippen MR) is 79.0 cm³/mol. The fraction of sp³-hybridized carbons (Fsp3) is 0.533. The highest BCUT2D eigenvalue weighted by molar-refractivity contribution is 5.78. The van der Waals surface area contributed by atoms with Crippen LogP contribution in [0.25, 0.3) is 0 Å². The van der Waals surface area contributed by atoms with Gasteiger partial charge in [0.05, 0.1) is 0 Å². The second kappa shape index (κ2) is 7.04. The lowest BCUT2D eigenvalue weighted by Gasteiger charge is -2.13. The van der Waals surface area contributed by atoms with Gasteiger partial charge in [-0.1, -0.05) is 43.7 Å². The lowest BCUT2D eigenvalue weighted by atomic mass is 10.0. The third kappa shape index (κ3) is 4.78. The SMILES string of the molecule is CCC(C)NC(N)=NCC(C)c1ccc(C)cc1. The fourth-order valence-electron chi connectivity index (χ4n) is 1.64. The van der Waals surface area contributed by atoms with Crippen molar-refractivity contribution in [3.8, 4) is 0 Å². The fourth-order valence-corrected chi connectivity index (χ4v) is 1.64. The number of nitrogens with one attached hydrogen (secondary N) is 1. The van der Waals surface area contributed by atoms with Crippen molar-refractivity contribution in [2.45, 2.75) is 46.1 Å². The Labute approximate surface area is 111 Å². The zero-order chi connectivity index (χ0) is 13.5. The van der Waals surface area contributed by atoms with Crippen molar-refractivity contribution in [1.29, 1.82) is 0 Å². The first-order chi connectivity index (χ1) is 8.52. The third-order valence-corrected chi connectivity index (χ3v) is 3.19. The number of hydrogen-bond acceptors (Lipinski definition) is 1. The summed E-state index contributed by atoms with van der Waals surface area (Å²) in [6.45, 7) is 9.22. The van der Waals surface area contributed by atoms with E-state index < -0.39 is 0 Å². The van der Waals surface area contributed by atoms with E-state index in [4.69, 9.17) is 5.73 Å². The first kappa shape index (κ1) is 14.6. The molecule has 0 aliphatic heterocycles. The summed E-state index contributed by atoms with van der Waals surface area (Å²) in [5.74, 6) is 0.936. The van der Waals surface area contributed by atoms with Crippen LogP contribution >= 0.6 is 0 Å². The molecule has 0 bridgehead atoms. The summed E-state index contributed by atoms with van der Waals surface area (Å²) in [5.41, 5.74) is 8.43. The molecule has 2 unspecified atom stereocenters. The summed E-state index contributed by atoms with van der Waals surface area (Å²) in [5, 5.41) is 3.17. The summed E-state index contributed by atoms with van der Waals surface area (Å²) in [6, 6.07) is 8.97. The Morgan fingerprint density at radius 2 is 1.89 bits per heavy atom. The second-order valence-electron chi connectivity index (χ2n) is 4.99. The van der Waals surface area contributed by atoms with Crippen molar-refractivity contribution >= 4 is 5.96 Å². The molecule has 1 aromatic carbocycles. The summed E-state index contributed by atoms with van der Waals surface area (Å²) in [7, 11) is 0. The van der Waals surface area contributed by atoms with Crippen molar-refractivity contribution in [3.05, 3.63) is 35.4 Å². The molecule has 1 rings (SSSR count). The van der Waals surface area contributed by atoms with Gasteiger partial charge in [-0.2, -0.15) is 0 Å². The van der Waals surface area contributed by atoms with Crippen molar-refractivity contribution in [2.24, 2.45) is 10.7 Å². The molecule has 2 atom stereocenters. The molecular weight excluding hydrogens is 222 g/mol. The van der Waals surface area contributed by atoms with E-state index in [1.54, 1.807) is 0 Å². The molecule has 3 N–H and O–H groups in total. The van der Waals surface area contributed by atoms with Crippen LogP contribution in [0.3, 0.4) is 0 Å². The first-order valence-corrected chi connectivity index (χ1v) is 6.66. The van der Waals surface area contributed by atoms with Crippen LogP contribution in [0.15, 0.2) is 29.3 Å². The van der Waals surface area contributed by atoms with Gasteiger partial charge in [0.1, 0.15) is 0 Å². The van der Waals surface area contributed by atoms with E-state index in [1.165, 1.54) is 11.1 Å². The van der Waals surface area contributed by atoms with Crippen molar-refractivity contribution in [1.82, 2.24) is 5.32 Å². The van der Waals surface area contributed by atoms with Gasteiger partial charge in [-0.05, 0) is 25.8 Å². The Bertz CT molecular complexity index is 381. The Balaban J connectivity index is 2.52. The van der Waals surface area contributed by atoms with E-state index in [2.05, 4.69) is 62.3 Å². The van der Waals surface area contributed by atoms with E-state index in [-0.39, 0.29) is 0 Å². The quantitative estimate of drug-likeness (QED) is 0.621. The lowest BCUT2D eigenvalue weighted by molar-refractivity contribution is 0.634. The second-order valence-corrected chi connectivity index (χ2v) is 4.99. The van der Waals surface area contributed by atoms with Crippen molar-refractivity contribution < 1.29 is 0 Å². The number of benzene rings is 1. The molecule has 0 radical (unpaired) electrons. The van der Waals surface area contributed by atoms with Crippen LogP contribution in [0.5, 0.6) is 0 Å². The van der Waals surface area contributed by atoms with Crippen LogP contribution in [-0.4, -0.2) is 18.5 Å². The predicted octanol–water partition coefficient (Wildman–Crippen LogP) is 2.80. The normalized spacial score (nSPS) is 15.2. The minimum Gasteiger partial charge on any atom is -0.370 e. The van der Waals surface area contributed by atoms with Gasteiger partial charge in [0.15, 0.2) is 5.96 Å². The maximum Gasteiger partial charge on any atom is 0.188 e. The largest absolute Gasteiger partial charge is 0.370 e. The maximum absolute atomic E-state index is 5.84. The van der Waals surface area contributed by atoms with Crippen LogP contribution in [0.4, 0.5) is 0 Å². The van der Waals surface area contributed by atoms with Gasteiger partial charge in [-0.25, -0.2) is 0 Å². The Hall–Kier alpha value is -1.51. The monoisotopic (exact) mass is 247 g/mol. The molecule has 0 spiro atoms. The minimum atomic E-state index is 0.378. The Morgan fingerprint density at radius 3 is 2.44 bits per heavy atom. The molecule has 100 valence electrons. The zero-order valence-electron chi connectivity index (χ0n) is 11.9. The molecule has 0 amide bonds. The number of aliphatic imine (C=N–C) groups is 1. The molecular formula is C15H25N3. The summed E-state index contributed by atoms with van der Waals surface area (Å²) >= 11 is 0. The Morgan fingerprint density at radius 1 is 1.28 bits per heavy atom. The molecule has 0 aliphatic rings. The number of aryl methyl sites for hydroxylation is 1. The van der Waals surface area contributed by atoms with Crippen LogP contribution < -0.4 is 11.1 Å². The first-order valence-electron chi connectivity index (χ1n) is 6.66. The van der Waals surface area contributed by atoms with Crippen LogP contribution in [0, 0.1) is 6.92 Å². The third-order valence-electron chi connectivity index (χ3n) is 3.19. The molecule has 0 saturated heterocycles. The Kier molecular flexibility index (Phi) is 5.69. The molecule has 1 aromatic rings. The molecule has 0 saturated carbocycles. The van der Waals surface area contributed by atoms with Gasteiger partial charge in [-0.15, -0.1) is 0 Å². The average Bonchev–Trinajstić information content (AvgIpc) is 2.36. The lowest BCUT2D eigenvalue weighted by Crippen LogP contribution is -2.38. The van der Waals surface area contributed by atoms with E-state index >= 15 is 0 Å². The highest BCUT2D eigenvalue weighted by Crippen LogP contribution is 2.15. The topological polar surface area (TPSA) is 50.4 Å².